The molecule has 0 radical (unpaired) electrons. The molecule has 6 aromatic rings. The molecule has 6 fully saturated rings. The van der Waals surface area contributed by atoms with Crippen LogP contribution in [0.3, 0.4) is 0 Å². The van der Waals surface area contributed by atoms with Gasteiger partial charge in [-0.2, -0.15) is 0 Å². The first-order valence-electron chi connectivity index (χ1n) is 37.6. The Kier molecular flexibility index (Phi) is 26.3. The van der Waals surface area contributed by atoms with Crippen molar-refractivity contribution in [3.8, 4) is 0 Å². The SMILES string of the molecule is CCc1cc(NC(=O)C(=O)N2C[C@@H](C)CC[C@@H]2c2ccc(N3CCN(C)C(C)C3)nc2)cnc1N.CCc1cc(NC(=O)C(=O)N2C[C@@H](C)CC[C@@H]2c2ccc(N3CCN(C)[C@@H](C)C3)nc2)cnc1N.CCc1cc(NC(=O)C(=O)N2C[C@@H](C)CC[C@@H]2c2ccc(N3CCN(C)[C@H](C)C3)nc2)cnc1N. The summed E-state index contributed by atoms with van der Waals surface area (Å²) in [6, 6.07) is 18.5. The Labute approximate surface area is 619 Å². The molecule has 27 heteroatoms. The van der Waals surface area contributed by atoms with Crippen molar-refractivity contribution in [3.05, 3.63) is 125 Å². The number of hydrogen-bond donors (Lipinski definition) is 6. The smallest absolute Gasteiger partial charge is 0.313 e. The number of nitrogens with two attached hydrogens (primary N) is 3. The van der Waals surface area contributed by atoms with Gasteiger partial charge in [0, 0.05) is 115 Å². The third kappa shape index (κ3) is 19.5. The van der Waals surface area contributed by atoms with Crippen LogP contribution in [-0.4, -0.2) is 213 Å². The number of anilines is 9. The lowest BCUT2D eigenvalue weighted by molar-refractivity contribution is -0.146. The van der Waals surface area contributed by atoms with Gasteiger partial charge in [-0.3, -0.25) is 28.8 Å². The van der Waals surface area contributed by atoms with Crippen LogP contribution in [0.2, 0.25) is 0 Å². The molecule has 1 unspecified atom stereocenters. The number of carbonyl (C=O) groups is 6. The fourth-order valence-electron chi connectivity index (χ4n) is 14.8. The zero-order valence-electron chi connectivity index (χ0n) is 63.6. The highest BCUT2D eigenvalue weighted by Crippen LogP contribution is 2.38. The molecule has 105 heavy (non-hydrogen) atoms. The van der Waals surface area contributed by atoms with E-state index in [-0.39, 0.29) is 18.1 Å². The third-order valence-electron chi connectivity index (χ3n) is 22.1. The van der Waals surface area contributed by atoms with E-state index in [0.29, 0.717) is 109 Å². The number of nitrogens with zero attached hydrogens (tertiary/aromatic N) is 15. The van der Waals surface area contributed by atoms with Gasteiger partial charge in [0.05, 0.1) is 53.8 Å². The van der Waals surface area contributed by atoms with Crippen LogP contribution in [-0.2, 0) is 48.0 Å². The Morgan fingerprint density at radius 3 is 0.867 bits per heavy atom. The number of likely N-dealkylation sites (N-methyl/N-ethyl adjacent to an activating group) is 3. The summed E-state index contributed by atoms with van der Waals surface area (Å²) in [5.41, 5.74) is 24.4. The number of piperazine rings is 3. The van der Waals surface area contributed by atoms with Gasteiger partial charge < -0.3 is 77.3 Å². The highest BCUT2D eigenvalue weighted by atomic mass is 16.2. The number of aromatic nitrogens is 6. The van der Waals surface area contributed by atoms with Gasteiger partial charge in [-0.15, -0.1) is 0 Å². The molecule has 9 atom stereocenters. The lowest BCUT2D eigenvalue weighted by Crippen LogP contribution is -2.50. The minimum Gasteiger partial charge on any atom is -0.383 e. The van der Waals surface area contributed by atoms with Gasteiger partial charge in [0.25, 0.3) is 0 Å². The van der Waals surface area contributed by atoms with Crippen molar-refractivity contribution in [3.63, 3.8) is 0 Å². The van der Waals surface area contributed by atoms with Crippen molar-refractivity contribution in [2.24, 2.45) is 17.8 Å². The second-order valence-corrected chi connectivity index (χ2v) is 29.9. The van der Waals surface area contributed by atoms with E-state index >= 15 is 0 Å². The van der Waals surface area contributed by atoms with E-state index in [1.807, 2.05) is 57.6 Å². The molecular formula is C78H111N21O6. The Hall–Kier alpha value is -9.60. The molecule has 12 heterocycles. The highest BCUT2D eigenvalue weighted by molar-refractivity contribution is 6.40. The van der Waals surface area contributed by atoms with Crippen molar-refractivity contribution in [1.29, 1.82) is 0 Å². The monoisotopic (exact) mass is 1440 g/mol. The molecule has 9 N–H and O–H groups in total. The molecule has 564 valence electrons. The molecule has 6 aliphatic rings. The predicted molar refractivity (Wildman–Crippen MR) is 414 cm³/mol. The first-order valence-corrected chi connectivity index (χ1v) is 37.6. The second-order valence-electron chi connectivity index (χ2n) is 29.9. The Morgan fingerprint density at radius 1 is 0.371 bits per heavy atom. The molecule has 0 bridgehead atoms. The number of hydrogen-bond acceptors (Lipinski definition) is 21. The molecule has 12 rings (SSSR count). The molecule has 6 aromatic heterocycles. The lowest BCUT2D eigenvalue weighted by atomic mass is 9.90. The molecule has 6 amide bonds. The average molecular weight is 1440 g/mol. The minimum absolute atomic E-state index is 0.173. The van der Waals surface area contributed by atoms with E-state index in [9.17, 15) is 28.8 Å². The average Bonchev–Trinajstić information content (AvgIpc) is 0.806. The summed E-state index contributed by atoms with van der Waals surface area (Å²) in [4.78, 5) is 124. The topological polar surface area (TPSA) is 323 Å². The number of nitrogens with one attached hydrogen (secondary N) is 3. The normalized spacial score (nSPS) is 23.3. The second kappa shape index (κ2) is 35.5. The summed E-state index contributed by atoms with van der Waals surface area (Å²) in [6.07, 6.45) is 17.5. The van der Waals surface area contributed by atoms with Crippen LogP contribution in [0.25, 0.3) is 0 Å². The van der Waals surface area contributed by atoms with Crippen LogP contribution in [0.5, 0.6) is 0 Å². The van der Waals surface area contributed by atoms with E-state index in [1.54, 1.807) is 32.9 Å². The molecule has 0 spiro atoms. The van der Waals surface area contributed by atoms with Gasteiger partial charge >= 0.3 is 35.4 Å². The fourth-order valence-corrected chi connectivity index (χ4v) is 14.8. The predicted octanol–water partition coefficient (Wildman–Crippen LogP) is 8.10. The zero-order valence-corrected chi connectivity index (χ0v) is 63.6. The maximum absolute atomic E-state index is 13.3. The fraction of sp³-hybridized carbons (Fsp3) is 0.538. The first-order chi connectivity index (χ1) is 50.3. The van der Waals surface area contributed by atoms with Crippen LogP contribution in [0.1, 0.15) is 152 Å². The van der Waals surface area contributed by atoms with Crippen molar-refractivity contribution in [2.45, 2.75) is 156 Å². The summed E-state index contributed by atoms with van der Waals surface area (Å²) in [6.45, 7) is 29.2. The summed E-state index contributed by atoms with van der Waals surface area (Å²) in [7, 11) is 6.45. The van der Waals surface area contributed by atoms with Crippen molar-refractivity contribution in [2.75, 3.05) is 148 Å². The van der Waals surface area contributed by atoms with Crippen LogP contribution in [0.4, 0.5) is 52.0 Å². The summed E-state index contributed by atoms with van der Waals surface area (Å²) >= 11 is 0. The van der Waals surface area contributed by atoms with Gasteiger partial charge in [0.1, 0.15) is 34.9 Å². The Balaban J connectivity index is 0.000000169. The number of aryl methyl sites for hydroxylation is 3. The zero-order chi connectivity index (χ0) is 75.3. The van der Waals surface area contributed by atoms with Crippen LogP contribution in [0, 0.1) is 17.8 Å². The van der Waals surface area contributed by atoms with E-state index in [2.05, 4.69) is 141 Å². The van der Waals surface area contributed by atoms with Crippen LogP contribution >= 0.6 is 0 Å². The molecule has 6 saturated heterocycles. The summed E-state index contributed by atoms with van der Waals surface area (Å²) in [5, 5.41) is 8.14. The lowest BCUT2D eigenvalue weighted by Gasteiger charge is -2.39. The summed E-state index contributed by atoms with van der Waals surface area (Å²) in [5.74, 6) is 1.57. The van der Waals surface area contributed by atoms with E-state index < -0.39 is 35.4 Å². The summed E-state index contributed by atoms with van der Waals surface area (Å²) < 4.78 is 0. The van der Waals surface area contributed by atoms with Crippen LogP contribution < -0.4 is 47.9 Å². The Bertz CT molecular complexity index is 3580. The Morgan fingerprint density at radius 2 is 0.638 bits per heavy atom. The first kappa shape index (κ1) is 78.0. The van der Waals surface area contributed by atoms with Gasteiger partial charge in [0.2, 0.25) is 0 Å². The maximum atomic E-state index is 13.3. The van der Waals surface area contributed by atoms with Crippen molar-refractivity contribution in [1.82, 2.24) is 59.3 Å². The molecule has 0 saturated carbocycles. The third-order valence-corrected chi connectivity index (χ3v) is 22.1. The standard InChI is InChI=1S/3C26H37N7O2/c3*1-5-19-12-21(14-29-24(19)27)30-25(34)26(35)33-15-17(2)6-8-22(33)20-7-9-23(28-13-20)32-11-10-31(4)18(3)16-32/h3*7,9,12-14,17-18,22H,5-6,8,10-11,15-16H2,1-4H3,(H2,27,29)(H,30,34)/t17-,18?,22+;17-,18+,22+;17-,18-,22+/m000/s1. The van der Waals surface area contributed by atoms with Crippen LogP contribution in [0.15, 0.2) is 91.8 Å². The quantitative estimate of drug-likeness (QED) is 0.0630. The number of likely N-dealkylation sites (tertiary alicyclic amines) is 3. The number of amides is 6. The highest BCUT2D eigenvalue weighted by Gasteiger charge is 2.39. The van der Waals surface area contributed by atoms with Gasteiger partial charge in [-0.1, -0.05) is 59.7 Å². The van der Waals surface area contributed by atoms with Crippen molar-refractivity contribution < 1.29 is 28.8 Å². The molecule has 27 nitrogen and oxygen atoms in total. The number of nitrogen functional groups attached to an aromatic ring is 3. The minimum atomic E-state index is -0.659. The molecule has 0 aliphatic carbocycles. The number of piperidine rings is 3. The number of pyridine rings is 6. The molecular weight excluding hydrogens is 1330 g/mol. The molecule has 6 aliphatic heterocycles. The van der Waals surface area contributed by atoms with Gasteiger partial charge in [-0.25, -0.2) is 29.9 Å². The van der Waals surface area contributed by atoms with Gasteiger partial charge in [-0.05, 0) is 187 Å². The largest absolute Gasteiger partial charge is 0.383 e. The molecule has 0 aromatic carbocycles. The van der Waals surface area contributed by atoms with Gasteiger partial charge in [0.15, 0.2) is 0 Å². The number of rotatable bonds is 12. The van der Waals surface area contributed by atoms with Crippen molar-refractivity contribution >= 4 is 87.4 Å². The van der Waals surface area contributed by atoms with E-state index in [0.717, 1.165) is 148 Å². The number of carbonyl (C=O) groups excluding carboxylic acids is 6. The van der Waals surface area contributed by atoms with E-state index in [1.165, 1.54) is 18.6 Å². The maximum Gasteiger partial charge on any atom is 0.313 e. The van der Waals surface area contributed by atoms with E-state index in [4.69, 9.17) is 32.2 Å².